The van der Waals surface area contributed by atoms with Crippen LogP contribution in [0, 0.1) is 17.0 Å². The number of hydrogen-bond donors (Lipinski definition) is 1. The summed E-state index contributed by atoms with van der Waals surface area (Å²) in [6.07, 6.45) is 5.00. The number of carbonyl (C=O) groups excluding carboxylic acids is 1. The van der Waals surface area contributed by atoms with E-state index in [0.29, 0.717) is 48.1 Å². The van der Waals surface area contributed by atoms with E-state index in [-0.39, 0.29) is 35.1 Å². The molecule has 1 aromatic carbocycles. The second-order valence-corrected chi connectivity index (χ2v) is 12.5. The van der Waals surface area contributed by atoms with Gasteiger partial charge >= 0.3 is 5.97 Å². The number of halogens is 2. The Hall–Kier alpha value is -3.28. The summed E-state index contributed by atoms with van der Waals surface area (Å²) in [4.78, 5) is 38.5. The Labute approximate surface area is 252 Å². The second kappa shape index (κ2) is 12.1. The van der Waals surface area contributed by atoms with Crippen LogP contribution in [0.4, 0.5) is 15.3 Å². The minimum Gasteiger partial charge on any atom is -0.488 e. The van der Waals surface area contributed by atoms with Gasteiger partial charge in [-0.05, 0) is 61.8 Å². The summed E-state index contributed by atoms with van der Waals surface area (Å²) in [5, 5.41) is 9.72. The van der Waals surface area contributed by atoms with Gasteiger partial charge in [-0.25, -0.2) is 9.97 Å². The number of carboxylic acids is 1. The summed E-state index contributed by atoms with van der Waals surface area (Å²) in [6, 6.07) is 6.94. The number of ether oxygens (including phenoxy) is 2. The van der Waals surface area contributed by atoms with Gasteiger partial charge in [0.15, 0.2) is 16.7 Å². The van der Waals surface area contributed by atoms with Crippen LogP contribution in [0.3, 0.4) is 0 Å². The van der Waals surface area contributed by atoms with Crippen molar-refractivity contribution in [2.45, 2.75) is 44.6 Å². The maximum absolute atomic E-state index is 15.8. The minimum absolute atomic E-state index is 0.0842. The predicted molar refractivity (Wildman–Crippen MR) is 159 cm³/mol. The molecular weight excluding hydrogens is 583 g/mol. The Morgan fingerprint density at radius 3 is 2.71 bits per heavy atom. The molecule has 3 aromatic rings. The molecule has 2 fully saturated rings. The molecule has 0 unspecified atom stereocenters. The monoisotopic (exact) mass is 614 g/mol. The summed E-state index contributed by atoms with van der Waals surface area (Å²) >= 11 is 7.18. The Morgan fingerprint density at radius 1 is 1.19 bits per heavy atom. The zero-order valence-electron chi connectivity index (χ0n) is 23.2. The van der Waals surface area contributed by atoms with Crippen LogP contribution in [-0.2, 0) is 14.3 Å². The van der Waals surface area contributed by atoms with Gasteiger partial charge in [-0.1, -0.05) is 29.0 Å². The predicted octanol–water partition coefficient (Wildman–Crippen LogP) is 5.90. The fourth-order valence-corrected chi connectivity index (χ4v) is 6.79. The average Bonchev–Trinajstić information content (AvgIpc) is 3.73. The number of thiazole rings is 1. The summed E-state index contributed by atoms with van der Waals surface area (Å²) in [6.45, 7) is 2.48. The molecule has 2 aromatic heterocycles. The fraction of sp³-hybridized carbons (Fsp3) is 0.467. The number of nitrogens with zero attached hydrogens (tertiary/aromatic N) is 4. The number of pyridine rings is 1. The molecule has 0 radical (unpaired) electrons. The van der Waals surface area contributed by atoms with E-state index < -0.39 is 17.0 Å². The molecule has 12 heteroatoms. The third-order valence-corrected chi connectivity index (χ3v) is 9.16. The molecule has 1 N–H and O–H groups in total. The molecule has 6 rings (SSSR count). The highest BCUT2D eigenvalue weighted by atomic mass is 35.5. The summed E-state index contributed by atoms with van der Waals surface area (Å²) < 4.78 is 27.0. The van der Waals surface area contributed by atoms with E-state index in [2.05, 4.69) is 9.97 Å². The third kappa shape index (κ3) is 6.09. The number of rotatable bonds is 9. The highest BCUT2D eigenvalue weighted by Gasteiger charge is 2.40. The molecule has 9 nitrogen and oxygen atoms in total. The standard InChI is InChI=1S/C30H32ClFN4O5S/c1-35-8-11-41-24-13-19(16-33-28(24)35)22-5-2-20(31)15-23(22)26-27(32)42-30(34-26)36(21-3-4-21)29(39)18(14-25(37)38)12-17-6-9-40-10-7-17/h2,5,13,15-18,21H,3-4,6-12,14H2,1H3,(H,37,38)/t18-/m1/s1. The molecule has 1 amide bonds. The highest BCUT2D eigenvalue weighted by molar-refractivity contribution is 7.14. The number of aromatic nitrogens is 2. The first-order valence-electron chi connectivity index (χ1n) is 14.2. The van der Waals surface area contributed by atoms with Gasteiger partial charge in [0.05, 0.1) is 13.0 Å². The van der Waals surface area contributed by atoms with E-state index >= 15 is 4.39 Å². The van der Waals surface area contributed by atoms with Crippen LogP contribution in [0.1, 0.15) is 38.5 Å². The van der Waals surface area contributed by atoms with E-state index in [0.717, 1.165) is 54.9 Å². The first-order valence-corrected chi connectivity index (χ1v) is 15.4. The van der Waals surface area contributed by atoms with Crippen molar-refractivity contribution in [1.82, 2.24) is 9.97 Å². The normalized spacial score (nSPS) is 17.8. The van der Waals surface area contributed by atoms with E-state index in [1.807, 2.05) is 18.0 Å². The van der Waals surface area contributed by atoms with Gasteiger partial charge in [0.1, 0.15) is 12.3 Å². The van der Waals surface area contributed by atoms with Crippen LogP contribution in [-0.4, -0.2) is 66.4 Å². The first kappa shape index (κ1) is 28.8. The smallest absolute Gasteiger partial charge is 0.304 e. The fourth-order valence-electron chi connectivity index (χ4n) is 5.73. The second-order valence-electron chi connectivity index (χ2n) is 11.2. The van der Waals surface area contributed by atoms with Crippen molar-refractivity contribution in [1.29, 1.82) is 0 Å². The molecule has 1 saturated carbocycles. The Balaban J connectivity index is 1.34. The molecule has 1 atom stereocenters. The van der Waals surface area contributed by atoms with Crippen LogP contribution in [0.15, 0.2) is 30.5 Å². The Kier molecular flexibility index (Phi) is 8.33. The van der Waals surface area contributed by atoms with Gasteiger partial charge < -0.3 is 19.5 Å². The Morgan fingerprint density at radius 2 is 1.98 bits per heavy atom. The molecular formula is C30H32ClFN4O5S. The van der Waals surface area contributed by atoms with Gasteiger partial charge in [0.2, 0.25) is 11.0 Å². The van der Waals surface area contributed by atoms with Crippen molar-refractivity contribution in [3.8, 4) is 28.1 Å². The van der Waals surface area contributed by atoms with Crippen molar-refractivity contribution in [3.05, 3.63) is 40.6 Å². The van der Waals surface area contributed by atoms with Gasteiger partial charge in [-0.3, -0.25) is 14.5 Å². The van der Waals surface area contributed by atoms with E-state index in [9.17, 15) is 14.7 Å². The topological polar surface area (TPSA) is 105 Å². The number of hydrogen-bond acceptors (Lipinski definition) is 8. The number of anilines is 2. The van der Waals surface area contributed by atoms with Crippen LogP contribution >= 0.6 is 22.9 Å². The molecule has 1 saturated heterocycles. The van der Waals surface area contributed by atoms with Crippen molar-refractivity contribution < 1.29 is 28.6 Å². The molecule has 2 aliphatic heterocycles. The number of carboxylic acid groups (broad SMARTS) is 1. The van der Waals surface area contributed by atoms with Crippen LogP contribution in [0.5, 0.6) is 5.75 Å². The van der Waals surface area contributed by atoms with Crippen molar-refractivity contribution >= 4 is 45.8 Å². The summed E-state index contributed by atoms with van der Waals surface area (Å²) in [7, 11) is 1.95. The lowest BCUT2D eigenvalue weighted by molar-refractivity contribution is -0.141. The van der Waals surface area contributed by atoms with E-state index in [1.54, 1.807) is 29.3 Å². The number of likely N-dealkylation sites (N-methyl/N-ethyl adjacent to an activating group) is 1. The SMILES string of the molecule is CN1CCOc2cc(-c3ccc(Cl)cc3-c3nc(N(C(=O)[C@@H](CC(=O)O)CC4CCOCC4)C4CC4)sc3F)cnc21. The molecule has 0 bridgehead atoms. The average molecular weight is 615 g/mol. The molecule has 0 spiro atoms. The summed E-state index contributed by atoms with van der Waals surface area (Å²) in [5.41, 5.74) is 1.95. The van der Waals surface area contributed by atoms with Gasteiger partial charge in [-0.2, -0.15) is 4.39 Å². The van der Waals surface area contributed by atoms with Gasteiger partial charge in [-0.15, -0.1) is 0 Å². The molecule has 1 aliphatic carbocycles. The zero-order chi connectivity index (χ0) is 29.4. The largest absolute Gasteiger partial charge is 0.488 e. The minimum atomic E-state index is -1.03. The van der Waals surface area contributed by atoms with Crippen LogP contribution < -0.4 is 14.5 Å². The van der Waals surface area contributed by atoms with Crippen LogP contribution in [0.2, 0.25) is 5.02 Å². The maximum atomic E-state index is 15.8. The molecule has 4 heterocycles. The lowest BCUT2D eigenvalue weighted by atomic mass is 9.86. The van der Waals surface area contributed by atoms with Crippen molar-refractivity contribution in [3.63, 3.8) is 0 Å². The molecule has 222 valence electrons. The molecule has 3 aliphatic rings. The maximum Gasteiger partial charge on any atom is 0.304 e. The Bertz CT molecular complexity index is 1490. The third-order valence-electron chi connectivity index (χ3n) is 8.09. The molecule has 42 heavy (non-hydrogen) atoms. The number of carbonyl (C=O) groups is 2. The number of fused-ring (bicyclic) bond motifs is 1. The van der Waals surface area contributed by atoms with Gasteiger partial charge in [0, 0.05) is 54.6 Å². The van der Waals surface area contributed by atoms with Crippen molar-refractivity contribution in [2.75, 3.05) is 43.2 Å². The lowest BCUT2D eigenvalue weighted by Gasteiger charge is -2.29. The first-order chi connectivity index (χ1) is 20.3. The zero-order valence-corrected chi connectivity index (χ0v) is 24.8. The van der Waals surface area contributed by atoms with Gasteiger partial charge in [0.25, 0.3) is 0 Å². The summed E-state index contributed by atoms with van der Waals surface area (Å²) in [5.74, 6) is -0.473. The number of benzene rings is 1. The van der Waals surface area contributed by atoms with E-state index in [4.69, 9.17) is 21.1 Å². The number of amides is 1. The van der Waals surface area contributed by atoms with Crippen molar-refractivity contribution in [2.24, 2.45) is 11.8 Å². The lowest BCUT2D eigenvalue weighted by Crippen LogP contribution is -2.40. The van der Waals surface area contributed by atoms with E-state index in [1.165, 1.54) is 0 Å². The number of aliphatic carboxylic acids is 1. The quantitative estimate of drug-likeness (QED) is 0.318. The van der Waals surface area contributed by atoms with Crippen LogP contribution in [0.25, 0.3) is 22.4 Å². The highest BCUT2D eigenvalue weighted by Crippen LogP contribution is 2.43.